The molecule has 4 rings (SSSR count). The predicted octanol–water partition coefficient (Wildman–Crippen LogP) is 2.82. The van der Waals surface area contributed by atoms with Crippen molar-refractivity contribution in [3.05, 3.63) is 41.6 Å². The van der Waals surface area contributed by atoms with Gasteiger partial charge in [0.2, 0.25) is 5.95 Å². The molecule has 3 aromatic rings. The highest BCUT2D eigenvalue weighted by atomic mass is 15.4. The van der Waals surface area contributed by atoms with Crippen molar-refractivity contribution in [2.45, 2.75) is 26.8 Å². The normalized spacial score (nSPS) is 15.3. The minimum Gasteiger partial charge on any atom is -0.365 e. The highest BCUT2D eigenvalue weighted by Gasteiger charge is 2.21. The van der Waals surface area contributed by atoms with Crippen molar-refractivity contribution in [1.29, 1.82) is 0 Å². The summed E-state index contributed by atoms with van der Waals surface area (Å²) in [6.07, 6.45) is 3.04. The van der Waals surface area contributed by atoms with Crippen LogP contribution < -0.4 is 10.2 Å². The lowest BCUT2D eigenvalue weighted by atomic mass is 10.1. The second-order valence-corrected chi connectivity index (χ2v) is 7.49. The second kappa shape index (κ2) is 8.14. The maximum absolute atomic E-state index is 4.89. The number of benzene rings is 1. The third-order valence-electron chi connectivity index (χ3n) is 5.48. The largest absolute Gasteiger partial charge is 0.365 e. The first-order chi connectivity index (χ1) is 13.7. The molecule has 0 radical (unpaired) electrons. The first-order valence-corrected chi connectivity index (χ1v) is 10.1. The average Bonchev–Trinajstić information content (AvgIpc) is 3.09. The van der Waals surface area contributed by atoms with E-state index >= 15 is 0 Å². The van der Waals surface area contributed by atoms with Gasteiger partial charge in [0.1, 0.15) is 5.82 Å². The molecule has 1 aromatic carbocycles. The summed E-state index contributed by atoms with van der Waals surface area (Å²) in [6.45, 7) is 10.3. The van der Waals surface area contributed by atoms with Gasteiger partial charge in [-0.15, -0.1) is 0 Å². The molecule has 7 nitrogen and oxygen atoms in total. The summed E-state index contributed by atoms with van der Waals surface area (Å²) >= 11 is 0. The average molecular weight is 380 g/mol. The van der Waals surface area contributed by atoms with Crippen molar-refractivity contribution in [2.24, 2.45) is 7.05 Å². The molecule has 28 heavy (non-hydrogen) atoms. The van der Waals surface area contributed by atoms with E-state index in [0.29, 0.717) is 0 Å². The van der Waals surface area contributed by atoms with Crippen LogP contribution in [0.25, 0.3) is 11.0 Å². The van der Waals surface area contributed by atoms with E-state index in [1.807, 2.05) is 17.9 Å². The molecule has 0 saturated carbocycles. The van der Waals surface area contributed by atoms with E-state index in [2.05, 4.69) is 58.3 Å². The minimum atomic E-state index is 0.734. The van der Waals surface area contributed by atoms with Gasteiger partial charge in [-0.05, 0) is 31.0 Å². The number of aryl methyl sites for hydroxylation is 2. The van der Waals surface area contributed by atoms with Gasteiger partial charge in [0, 0.05) is 39.8 Å². The van der Waals surface area contributed by atoms with E-state index in [9.17, 15) is 0 Å². The second-order valence-electron chi connectivity index (χ2n) is 7.49. The fraction of sp³-hybridized carbons (Fsp3) is 0.476. The van der Waals surface area contributed by atoms with Gasteiger partial charge in [-0.2, -0.15) is 15.1 Å². The van der Waals surface area contributed by atoms with Gasteiger partial charge in [0.05, 0.1) is 11.6 Å². The number of hydrogen-bond donors (Lipinski definition) is 1. The van der Waals surface area contributed by atoms with Gasteiger partial charge < -0.3 is 10.2 Å². The Hall–Kier alpha value is -2.67. The van der Waals surface area contributed by atoms with Crippen LogP contribution in [0, 0.1) is 6.92 Å². The number of anilines is 2. The summed E-state index contributed by atoms with van der Waals surface area (Å²) in [5.74, 6) is 1.65. The smallest absolute Gasteiger partial charge is 0.229 e. The lowest BCUT2D eigenvalue weighted by molar-refractivity contribution is 0.257. The quantitative estimate of drug-likeness (QED) is 0.711. The predicted molar refractivity (Wildman–Crippen MR) is 114 cm³/mol. The number of nitrogens with zero attached hydrogens (tertiary/aromatic N) is 6. The number of fused-ring (bicyclic) bond motifs is 1. The Morgan fingerprint density at radius 1 is 1.07 bits per heavy atom. The van der Waals surface area contributed by atoms with Gasteiger partial charge in [-0.25, -0.2) is 0 Å². The van der Waals surface area contributed by atoms with E-state index in [-0.39, 0.29) is 0 Å². The zero-order valence-electron chi connectivity index (χ0n) is 17.0. The molecule has 1 aliphatic heterocycles. The van der Waals surface area contributed by atoms with Crippen LogP contribution in [0.1, 0.15) is 24.5 Å². The highest BCUT2D eigenvalue weighted by Crippen LogP contribution is 2.24. The zero-order valence-corrected chi connectivity index (χ0v) is 17.0. The molecule has 3 heterocycles. The fourth-order valence-corrected chi connectivity index (χ4v) is 3.76. The van der Waals surface area contributed by atoms with Crippen LogP contribution in [0.4, 0.5) is 11.8 Å². The topological polar surface area (TPSA) is 62.1 Å². The number of nitrogens with one attached hydrogen (secondary N) is 1. The van der Waals surface area contributed by atoms with Crippen molar-refractivity contribution in [1.82, 2.24) is 24.6 Å². The first-order valence-electron chi connectivity index (χ1n) is 10.1. The Bertz CT molecular complexity index is 941. The summed E-state index contributed by atoms with van der Waals surface area (Å²) in [6, 6.07) is 8.43. The van der Waals surface area contributed by atoms with E-state index in [0.717, 1.165) is 55.5 Å². The van der Waals surface area contributed by atoms with Crippen LogP contribution in [0.3, 0.4) is 0 Å². The van der Waals surface area contributed by atoms with Gasteiger partial charge >= 0.3 is 0 Å². The lowest BCUT2D eigenvalue weighted by Gasteiger charge is -2.34. The zero-order chi connectivity index (χ0) is 19.5. The van der Waals surface area contributed by atoms with Crippen molar-refractivity contribution >= 4 is 22.8 Å². The van der Waals surface area contributed by atoms with Gasteiger partial charge in [-0.3, -0.25) is 9.58 Å². The number of aromatic nitrogens is 4. The molecule has 0 spiro atoms. The number of hydrogen-bond acceptors (Lipinski definition) is 6. The Labute approximate surface area is 166 Å². The van der Waals surface area contributed by atoms with Crippen molar-refractivity contribution in [3.63, 3.8) is 0 Å². The molecule has 0 aliphatic carbocycles. The van der Waals surface area contributed by atoms with E-state index in [1.54, 1.807) is 0 Å². The Morgan fingerprint density at radius 3 is 2.61 bits per heavy atom. The van der Waals surface area contributed by atoms with Crippen LogP contribution in [0.15, 0.2) is 30.5 Å². The SMILES string of the molecule is CCCN1CCN(c2nc(NCc3ccccc3C)c3cnn(C)c3n2)CC1. The molecule has 2 aromatic heterocycles. The van der Waals surface area contributed by atoms with Crippen molar-refractivity contribution in [2.75, 3.05) is 42.9 Å². The maximum atomic E-state index is 4.89. The van der Waals surface area contributed by atoms with Crippen LogP contribution in [0.2, 0.25) is 0 Å². The molecule has 148 valence electrons. The minimum absolute atomic E-state index is 0.734. The molecule has 0 amide bonds. The monoisotopic (exact) mass is 379 g/mol. The van der Waals surface area contributed by atoms with Crippen molar-refractivity contribution < 1.29 is 0 Å². The standard InChI is InChI=1S/C21H29N7/c1-4-9-27-10-12-28(13-11-27)21-24-19(18-15-23-26(3)20(18)25-21)22-14-17-8-6-5-7-16(17)2/h5-8,15H,4,9-14H2,1-3H3,(H,22,24,25). The number of piperazine rings is 1. The molecule has 0 atom stereocenters. The molecular formula is C21H29N7. The van der Waals surface area contributed by atoms with Crippen LogP contribution in [-0.2, 0) is 13.6 Å². The Kier molecular flexibility index (Phi) is 5.43. The Balaban J connectivity index is 1.58. The highest BCUT2D eigenvalue weighted by molar-refractivity contribution is 5.87. The molecule has 1 saturated heterocycles. The third kappa shape index (κ3) is 3.80. The van der Waals surface area contributed by atoms with Gasteiger partial charge in [0.15, 0.2) is 5.65 Å². The summed E-state index contributed by atoms with van der Waals surface area (Å²) in [5, 5.41) is 8.89. The summed E-state index contributed by atoms with van der Waals surface area (Å²) < 4.78 is 1.83. The molecule has 7 heteroatoms. The number of rotatable bonds is 6. The van der Waals surface area contributed by atoms with Gasteiger partial charge in [-0.1, -0.05) is 31.2 Å². The van der Waals surface area contributed by atoms with E-state index in [4.69, 9.17) is 9.97 Å². The van der Waals surface area contributed by atoms with Crippen LogP contribution in [0.5, 0.6) is 0 Å². The molecule has 1 fully saturated rings. The first kappa shape index (κ1) is 18.7. The van der Waals surface area contributed by atoms with Crippen LogP contribution in [-0.4, -0.2) is 57.4 Å². The maximum Gasteiger partial charge on any atom is 0.229 e. The molecular weight excluding hydrogens is 350 g/mol. The molecule has 1 aliphatic rings. The van der Waals surface area contributed by atoms with Gasteiger partial charge in [0.25, 0.3) is 0 Å². The van der Waals surface area contributed by atoms with E-state index < -0.39 is 0 Å². The summed E-state index contributed by atoms with van der Waals surface area (Å²) in [4.78, 5) is 14.5. The summed E-state index contributed by atoms with van der Waals surface area (Å²) in [5.41, 5.74) is 3.42. The molecule has 0 bridgehead atoms. The van der Waals surface area contributed by atoms with Crippen molar-refractivity contribution in [3.8, 4) is 0 Å². The third-order valence-corrected chi connectivity index (χ3v) is 5.48. The molecule has 0 unspecified atom stereocenters. The fourth-order valence-electron chi connectivity index (χ4n) is 3.76. The Morgan fingerprint density at radius 2 is 1.86 bits per heavy atom. The summed E-state index contributed by atoms with van der Waals surface area (Å²) in [7, 11) is 1.93. The molecule has 1 N–H and O–H groups in total. The lowest BCUT2D eigenvalue weighted by Crippen LogP contribution is -2.47. The van der Waals surface area contributed by atoms with Crippen LogP contribution >= 0.6 is 0 Å². The van der Waals surface area contributed by atoms with E-state index in [1.165, 1.54) is 24.1 Å².